The molecular weight excluding hydrogens is 360 g/mol. The van der Waals surface area contributed by atoms with Crippen molar-refractivity contribution in [2.24, 2.45) is 0 Å². The molecule has 1 saturated heterocycles. The average molecular weight is 384 g/mol. The molecule has 7 heteroatoms. The van der Waals surface area contributed by atoms with Crippen LogP contribution in [-0.4, -0.2) is 44.8 Å². The second kappa shape index (κ2) is 9.75. The molecule has 0 aliphatic carbocycles. The number of hydrogen-bond acceptors (Lipinski definition) is 6. The third kappa shape index (κ3) is 5.72. The number of nitrogens with one attached hydrogen (secondary N) is 2. The van der Waals surface area contributed by atoms with Crippen LogP contribution < -0.4 is 15.4 Å². The first-order valence-corrected chi connectivity index (χ1v) is 9.20. The van der Waals surface area contributed by atoms with Gasteiger partial charge in [-0.3, -0.25) is 4.79 Å². The van der Waals surface area contributed by atoms with Gasteiger partial charge >= 0.3 is 5.97 Å². The maximum Gasteiger partial charge on any atom is 0.337 e. The zero-order valence-corrected chi connectivity index (χ0v) is 15.8. The summed E-state index contributed by atoms with van der Waals surface area (Å²) in [4.78, 5) is 23.5. The minimum Gasteiger partial charge on any atom is -0.491 e. The predicted octanol–water partition coefficient (Wildman–Crippen LogP) is 3.08. The summed E-state index contributed by atoms with van der Waals surface area (Å²) >= 11 is 0. The van der Waals surface area contributed by atoms with Crippen molar-refractivity contribution in [1.29, 1.82) is 0 Å². The Morgan fingerprint density at radius 1 is 1.07 bits per heavy atom. The van der Waals surface area contributed by atoms with E-state index in [4.69, 9.17) is 9.47 Å². The van der Waals surface area contributed by atoms with Crippen LogP contribution in [0, 0.1) is 0 Å². The highest BCUT2D eigenvalue weighted by Gasteiger charge is 2.15. The molecule has 1 aliphatic rings. The number of carbonyl (C=O) groups is 2. The second-order valence-corrected chi connectivity index (χ2v) is 6.44. The van der Waals surface area contributed by atoms with Gasteiger partial charge in [-0.2, -0.15) is 0 Å². The minimum atomic E-state index is -0.396. The molecule has 0 spiro atoms. The predicted molar refractivity (Wildman–Crippen MR) is 106 cm³/mol. The molecular formula is C21H24N2O5. The topological polar surface area (TPSA) is 85.9 Å². The fourth-order valence-electron chi connectivity index (χ4n) is 2.83. The van der Waals surface area contributed by atoms with E-state index in [2.05, 4.69) is 15.4 Å². The van der Waals surface area contributed by atoms with Gasteiger partial charge in [0.25, 0.3) is 0 Å². The lowest BCUT2D eigenvalue weighted by Gasteiger charge is -2.12. The summed E-state index contributed by atoms with van der Waals surface area (Å²) in [6.45, 7) is 1.46. The van der Waals surface area contributed by atoms with E-state index < -0.39 is 5.97 Å². The molecule has 0 saturated carbocycles. The number of esters is 1. The van der Waals surface area contributed by atoms with Crippen LogP contribution in [0.5, 0.6) is 5.75 Å². The molecule has 2 aromatic rings. The van der Waals surface area contributed by atoms with Crippen molar-refractivity contribution >= 4 is 23.3 Å². The first-order valence-electron chi connectivity index (χ1n) is 9.20. The summed E-state index contributed by atoms with van der Waals surface area (Å²) in [6, 6.07) is 14.0. The van der Waals surface area contributed by atoms with Crippen molar-refractivity contribution < 1.29 is 23.8 Å². The third-order valence-corrected chi connectivity index (χ3v) is 4.36. The average Bonchev–Trinajstić information content (AvgIpc) is 3.25. The molecule has 0 radical (unpaired) electrons. The zero-order chi connectivity index (χ0) is 19.8. The van der Waals surface area contributed by atoms with Crippen molar-refractivity contribution in [1.82, 2.24) is 0 Å². The number of hydrogen-bond donors (Lipinski definition) is 2. The van der Waals surface area contributed by atoms with E-state index in [0.717, 1.165) is 30.9 Å². The molecule has 1 fully saturated rings. The standard InChI is InChI=1S/C21H24N2O5/c1-26-21(25)15-4-6-16(7-5-15)22-13-20(24)23-17-8-10-18(11-9-17)28-14-19-3-2-12-27-19/h4-11,19,22H,2-3,12-14H2,1H3,(H,23,24). The van der Waals surface area contributed by atoms with Gasteiger partial charge in [-0.1, -0.05) is 0 Å². The number of amides is 1. The molecule has 7 nitrogen and oxygen atoms in total. The van der Waals surface area contributed by atoms with E-state index in [9.17, 15) is 9.59 Å². The normalized spacial score (nSPS) is 15.7. The highest BCUT2D eigenvalue weighted by Crippen LogP contribution is 2.18. The van der Waals surface area contributed by atoms with Crippen LogP contribution in [0.1, 0.15) is 23.2 Å². The van der Waals surface area contributed by atoms with Crippen LogP contribution in [-0.2, 0) is 14.3 Å². The van der Waals surface area contributed by atoms with Crippen LogP contribution in [0.4, 0.5) is 11.4 Å². The van der Waals surface area contributed by atoms with Gasteiger partial charge < -0.3 is 24.8 Å². The van der Waals surface area contributed by atoms with Crippen LogP contribution in [0.2, 0.25) is 0 Å². The summed E-state index contributed by atoms with van der Waals surface area (Å²) in [6.07, 6.45) is 2.29. The van der Waals surface area contributed by atoms with E-state index in [-0.39, 0.29) is 18.6 Å². The molecule has 148 valence electrons. The van der Waals surface area contributed by atoms with E-state index in [0.29, 0.717) is 17.9 Å². The fraction of sp³-hybridized carbons (Fsp3) is 0.333. The van der Waals surface area contributed by atoms with Crippen molar-refractivity contribution in [2.45, 2.75) is 18.9 Å². The number of carbonyl (C=O) groups excluding carboxylic acids is 2. The van der Waals surface area contributed by atoms with Gasteiger partial charge in [0.2, 0.25) is 5.91 Å². The summed E-state index contributed by atoms with van der Waals surface area (Å²) in [7, 11) is 1.33. The second-order valence-electron chi connectivity index (χ2n) is 6.44. The summed E-state index contributed by atoms with van der Waals surface area (Å²) in [5, 5.41) is 5.83. The van der Waals surface area contributed by atoms with Crippen LogP contribution >= 0.6 is 0 Å². The molecule has 2 N–H and O–H groups in total. The van der Waals surface area contributed by atoms with Crippen molar-refractivity contribution in [2.75, 3.05) is 37.5 Å². The first-order chi connectivity index (χ1) is 13.6. The molecule has 28 heavy (non-hydrogen) atoms. The molecule has 1 amide bonds. The third-order valence-electron chi connectivity index (χ3n) is 4.36. The van der Waals surface area contributed by atoms with Crippen molar-refractivity contribution in [3.63, 3.8) is 0 Å². The SMILES string of the molecule is COC(=O)c1ccc(NCC(=O)Nc2ccc(OCC3CCCO3)cc2)cc1. The van der Waals surface area contributed by atoms with Gasteiger partial charge in [0.15, 0.2) is 0 Å². The maximum absolute atomic E-state index is 12.1. The van der Waals surface area contributed by atoms with Gasteiger partial charge in [-0.25, -0.2) is 4.79 Å². The summed E-state index contributed by atoms with van der Waals surface area (Å²) < 4.78 is 15.9. The number of rotatable bonds is 8. The van der Waals surface area contributed by atoms with E-state index in [1.807, 2.05) is 12.1 Å². The van der Waals surface area contributed by atoms with Gasteiger partial charge in [0.05, 0.1) is 25.3 Å². The van der Waals surface area contributed by atoms with E-state index in [1.54, 1.807) is 36.4 Å². The summed E-state index contributed by atoms with van der Waals surface area (Å²) in [5.41, 5.74) is 1.89. The molecule has 0 bridgehead atoms. The fourth-order valence-corrected chi connectivity index (χ4v) is 2.83. The monoisotopic (exact) mass is 384 g/mol. The van der Waals surface area contributed by atoms with Gasteiger partial charge in [0.1, 0.15) is 12.4 Å². The Morgan fingerprint density at radius 2 is 1.79 bits per heavy atom. The van der Waals surface area contributed by atoms with E-state index in [1.165, 1.54) is 7.11 Å². The van der Waals surface area contributed by atoms with Crippen molar-refractivity contribution in [3.05, 3.63) is 54.1 Å². The number of benzene rings is 2. The molecule has 3 rings (SSSR count). The largest absolute Gasteiger partial charge is 0.491 e. The Bertz CT molecular complexity index is 783. The Morgan fingerprint density at radius 3 is 2.43 bits per heavy atom. The van der Waals surface area contributed by atoms with Gasteiger partial charge in [-0.05, 0) is 61.4 Å². The Hall–Kier alpha value is -3.06. The van der Waals surface area contributed by atoms with Crippen LogP contribution in [0.15, 0.2) is 48.5 Å². The van der Waals surface area contributed by atoms with Crippen LogP contribution in [0.25, 0.3) is 0 Å². The Labute approximate surface area is 164 Å². The number of methoxy groups -OCH3 is 1. The quantitative estimate of drug-likeness (QED) is 0.681. The lowest BCUT2D eigenvalue weighted by Crippen LogP contribution is -2.21. The molecule has 0 aromatic heterocycles. The lowest BCUT2D eigenvalue weighted by molar-refractivity contribution is -0.114. The first kappa shape index (κ1) is 19.7. The van der Waals surface area contributed by atoms with Crippen molar-refractivity contribution in [3.8, 4) is 5.75 Å². The molecule has 2 aromatic carbocycles. The zero-order valence-electron chi connectivity index (χ0n) is 15.8. The molecule has 1 atom stereocenters. The minimum absolute atomic E-state index is 0.106. The number of anilines is 2. The summed E-state index contributed by atoms with van der Waals surface area (Å²) in [5.74, 6) is 0.176. The molecule has 1 unspecified atom stereocenters. The Balaban J connectivity index is 1.42. The number of ether oxygens (including phenoxy) is 3. The highest BCUT2D eigenvalue weighted by atomic mass is 16.5. The van der Waals surface area contributed by atoms with Gasteiger partial charge in [-0.15, -0.1) is 0 Å². The van der Waals surface area contributed by atoms with Gasteiger partial charge in [0, 0.05) is 18.0 Å². The van der Waals surface area contributed by atoms with E-state index >= 15 is 0 Å². The molecule has 1 aliphatic heterocycles. The highest BCUT2D eigenvalue weighted by molar-refractivity contribution is 5.94. The van der Waals surface area contributed by atoms with Crippen LogP contribution in [0.3, 0.4) is 0 Å². The molecule has 1 heterocycles. The Kier molecular flexibility index (Phi) is 6.86. The smallest absolute Gasteiger partial charge is 0.337 e. The maximum atomic E-state index is 12.1. The lowest BCUT2D eigenvalue weighted by atomic mass is 10.2.